The fraction of sp³-hybridized carbons (Fsp3) is 0.263. The van der Waals surface area contributed by atoms with E-state index in [1.54, 1.807) is 0 Å². The average Bonchev–Trinajstić information content (AvgIpc) is 2.67. The molecule has 5 nitrogen and oxygen atoms in total. The van der Waals surface area contributed by atoms with Crippen molar-refractivity contribution in [1.29, 1.82) is 0 Å². The minimum Gasteiger partial charge on any atom is -0.353 e. The molecule has 0 spiro atoms. The van der Waals surface area contributed by atoms with Gasteiger partial charge < -0.3 is 16.0 Å². The third kappa shape index (κ3) is 4.62. The van der Waals surface area contributed by atoms with Gasteiger partial charge >= 0.3 is 0 Å². The molecule has 0 amide bonds. The minimum atomic E-state index is 0. The van der Waals surface area contributed by atoms with E-state index in [0.29, 0.717) is 11.6 Å². The predicted octanol–water partition coefficient (Wildman–Crippen LogP) is 3.66. The average molecular weight is 427 g/mol. The Labute approximate surface area is 176 Å². The number of halogens is 3. The van der Waals surface area contributed by atoms with E-state index in [4.69, 9.17) is 22.3 Å². The lowest BCUT2D eigenvalue weighted by atomic mass is 10.1. The zero-order chi connectivity index (χ0) is 17.2. The van der Waals surface area contributed by atoms with Crippen LogP contribution in [0.1, 0.15) is 5.69 Å². The number of benzene rings is 1. The first kappa shape index (κ1) is 21.7. The zero-order valence-electron chi connectivity index (χ0n) is 14.7. The Hall–Kier alpha value is -1.63. The van der Waals surface area contributed by atoms with Gasteiger partial charge in [-0.25, -0.2) is 4.98 Å². The Morgan fingerprint density at radius 3 is 2.56 bits per heavy atom. The van der Waals surface area contributed by atoms with Crippen LogP contribution in [0.4, 0.5) is 5.82 Å². The molecule has 0 bridgehead atoms. The molecule has 8 heteroatoms. The summed E-state index contributed by atoms with van der Waals surface area (Å²) in [7, 11) is 0. The van der Waals surface area contributed by atoms with Crippen molar-refractivity contribution >= 4 is 53.1 Å². The van der Waals surface area contributed by atoms with Crippen molar-refractivity contribution in [2.24, 2.45) is 5.73 Å². The van der Waals surface area contributed by atoms with Crippen LogP contribution in [0.2, 0.25) is 5.02 Å². The van der Waals surface area contributed by atoms with Crippen LogP contribution in [0.15, 0.2) is 42.5 Å². The molecule has 3 heterocycles. The van der Waals surface area contributed by atoms with E-state index in [1.165, 1.54) is 0 Å². The zero-order valence-corrected chi connectivity index (χ0v) is 17.1. The third-order valence-electron chi connectivity index (χ3n) is 4.48. The first-order valence-electron chi connectivity index (χ1n) is 8.47. The van der Waals surface area contributed by atoms with Crippen LogP contribution in [0.3, 0.4) is 0 Å². The van der Waals surface area contributed by atoms with Gasteiger partial charge in [-0.1, -0.05) is 23.7 Å². The highest BCUT2D eigenvalue weighted by Gasteiger charge is 2.16. The Balaban J connectivity index is 0.00000131. The van der Waals surface area contributed by atoms with Gasteiger partial charge in [-0.3, -0.25) is 4.98 Å². The summed E-state index contributed by atoms with van der Waals surface area (Å²) in [6.07, 6.45) is 0. The van der Waals surface area contributed by atoms with E-state index in [-0.39, 0.29) is 24.8 Å². The maximum absolute atomic E-state index is 6.53. The highest BCUT2D eigenvalue weighted by Crippen LogP contribution is 2.30. The van der Waals surface area contributed by atoms with Gasteiger partial charge in [-0.15, -0.1) is 24.8 Å². The van der Waals surface area contributed by atoms with Gasteiger partial charge in [-0.2, -0.15) is 0 Å². The molecule has 1 saturated heterocycles. The number of hydrogen-bond donors (Lipinski definition) is 2. The van der Waals surface area contributed by atoms with Crippen molar-refractivity contribution < 1.29 is 0 Å². The van der Waals surface area contributed by atoms with Crippen LogP contribution in [0.25, 0.3) is 22.2 Å². The molecule has 0 saturated carbocycles. The topological polar surface area (TPSA) is 67.1 Å². The Bertz CT molecular complexity index is 913. The number of fused-ring (bicyclic) bond motifs is 1. The molecule has 1 aliphatic heterocycles. The number of hydrogen-bond acceptors (Lipinski definition) is 5. The predicted molar refractivity (Wildman–Crippen MR) is 117 cm³/mol. The van der Waals surface area contributed by atoms with Crippen LogP contribution < -0.4 is 16.0 Å². The SMILES string of the molecule is Cl.Cl.NCc1cccc(-c2ccc3nc(N4CCNCC4)c(Cl)cc3c2)n1. The Kier molecular flexibility index (Phi) is 7.65. The summed E-state index contributed by atoms with van der Waals surface area (Å²) in [4.78, 5) is 11.6. The van der Waals surface area contributed by atoms with E-state index in [0.717, 1.165) is 59.9 Å². The van der Waals surface area contributed by atoms with E-state index in [9.17, 15) is 0 Å². The van der Waals surface area contributed by atoms with Crippen LogP contribution >= 0.6 is 36.4 Å². The maximum atomic E-state index is 6.53. The van der Waals surface area contributed by atoms with Gasteiger partial charge in [-0.05, 0) is 30.3 Å². The second-order valence-corrected chi connectivity index (χ2v) is 6.56. The van der Waals surface area contributed by atoms with E-state index in [2.05, 4.69) is 21.3 Å². The number of nitrogens with two attached hydrogens (primary N) is 1. The van der Waals surface area contributed by atoms with E-state index < -0.39 is 0 Å². The second kappa shape index (κ2) is 9.53. The maximum Gasteiger partial charge on any atom is 0.148 e. The third-order valence-corrected chi connectivity index (χ3v) is 4.76. The summed E-state index contributed by atoms with van der Waals surface area (Å²) < 4.78 is 0. The molecule has 0 aliphatic carbocycles. The number of pyridine rings is 2. The van der Waals surface area contributed by atoms with E-state index >= 15 is 0 Å². The molecule has 0 unspecified atom stereocenters. The van der Waals surface area contributed by atoms with Gasteiger partial charge in [0, 0.05) is 43.7 Å². The number of piperazine rings is 1. The fourth-order valence-corrected chi connectivity index (χ4v) is 3.43. The highest BCUT2D eigenvalue weighted by molar-refractivity contribution is 6.33. The summed E-state index contributed by atoms with van der Waals surface area (Å²) in [5, 5.41) is 5.05. The monoisotopic (exact) mass is 425 g/mol. The number of nitrogens with zero attached hydrogens (tertiary/aromatic N) is 3. The Morgan fingerprint density at radius 2 is 1.81 bits per heavy atom. The second-order valence-electron chi connectivity index (χ2n) is 6.16. The molecule has 144 valence electrons. The largest absolute Gasteiger partial charge is 0.353 e. The molecule has 1 aliphatic rings. The molecule has 1 aromatic carbocycles. The van der Waals surface area contributed by atoms with Crippen LogP contribution in [-0.4, -0.2) is 36.1 Å². The Morgan fingerprint density at radius 1 is 1.04 bits per heavy atom. The van der Waals surface area contributed by atoms with Crippen LogP contribution in [-0.2, 0) is 6.54 Å². The molecule has 3 N–H and O–H groups in total. The lowest BCUT2D eigenvalue weighted by Crippen LogP contribution is -2.44. The molecular formula is C19H22Cl3N5. The highest BCUT2D eigenvalue weighted by atomic mass is 35.5. The molecule has 2 aromatic heterocycles. The van der Waals surface area contributed by atoms with Gasteiger partial charge in [0.15, 0.2) is 0 Å². The van der Waals surface area contributed by atoms with Crippen molar-refractivity contribution in [3.63, 3.8) is 0 Å². The summed E-state index contributed by atoms with van der Waals surface area (Å²) >= 11 is 6.53. The number of anilines is 1. The normalized spacial score (nSPS) is 13.8. The summed E-state index contributed by atoms with van der Waals surface area (Å²) in [5.41, 5.74) is 9.46. The first-order valence-corrected chi connectivity index (χ1v) is 8.85. The summed E-state index contributed by atoms with van der Waals surface area (Å²) in [6.45, 7) is 4.19. The van der Waals surface area contributed by atoms with Crippen molar-refractivity contribution in [3.8, 4) is 11.3 Å². The lowest BCUT2D eigenvalue weighted by molar-refractivity contribution is 0.585. The minimum absolute atomic E-state index is 0. The van der Waals surface area contributed by atoms with Crippen molar-refractivity contribution in [1.82, 2.24) is 15.3 Å². The summed E-state index contributed by atoms with van der Waals surface area (Å²) in [6, 6.07) is 14.1. The van der Waals surface area contributed by atoms with Crippen molar-refractivity contribution in [3.05, 3.63) is 53.2 Å². The quantitative estimate of drug-likeness (QED) is 0.669. The molecule has 3 aromatic rings. The molecule has 4 rings (SSSR count). The van der Waals surface area contributed by atoms with Crippen molar-refractivity contribution in [2.45, 2.75) is 6.54 Å². The van der Waals surface area contributed by atoms with E-state index in [1.807, 2.05) is 36.4 Å². The summed E-state index contributed by atoms with van der Waals surface area (Å²) in [5.74, 6) is 0.867. The molecule has 1 fully saturated rings. The smallest absolute Gasteiger partial charge is 0.148 e. The molecular weight excluding hydrogens is 405 g/mol. The first-order chi connectivity index (χ1) is 12.2. The molecule has 27 heavy (non-hydrogen) atoms. The van der Waals surface area contributed by atoms with Gasteiger partial charge in [0.25, 0.3) is 0 Å². The van der Waals surface area contributed by atoms with Gasteiger partial charge in [0.2, 0.25) is 0 Å². The standard InChI is InChI=1S/C19H20ClN5.2ClH/c20-16-11-14-10-13(17-3-1-2-15(12-21)23-17)4-5-18(14)24-19(16)25-8-6-22-7-9-25;;/h1-5,10-11,22H,6-9,12,21H2;2*1H. The lowest BCUT2D eigenvalue weighted by Gasteiger charge is -2.29. The van der Waals surface area contributed by atoms with Crippen molar-refractivity contribution in [2.75, 3.05) is 31.1 Å². The van der Waals surface area contributed by atoms with Gasteiger partial charge in [0.1, 0.15) is 5.82 Å². The molecule has 0 radical (unpaired) electrons. The fourth-order valence-electron chi connectivity index (χ4n) is 3.15. The molecule has 0 atom stereocenters. The number of rotatable bonds is 3. The van der Waals surface area contributed by atoms with Crippen LogP contribution in [0, 0.1) is 0 Å². The van der Waals surface area contributed by atoms with Crippen LogP contribution in [0.5, 0.6) is 0 Å². The van der Waals surface area contributed by atoms with Gasteiger partial charge in [0.05, 0.1) is 21.9 Å². The number of nitrogens with one attached hydrogen (secondary N) is 1. The number of aromatic nitrogens is 2.